The minimum absolute atomic E-state index is 0. The zero-order chi connectivity index (χ0) is 13.9. The van der Waals surface area contributed by atoms with E-state index >= 15 is 0 Å². The molecule has 0 aliphatic carbocycles. The van der Waals surface area contributed by atoms with Crippen molar-refractivity contribution in [2.24, 2.45) is 5.92 Å². The second-order valence-corrected chi connectivity index (χ2v) is 6.57. The van der Waals surface area contributed by atoms with E-state index in [9.17, 15) is 13.5 Å². The number of piperidine rings is 1. The smallest absolute Gasteiger partial charge is 0.264 e. The van der Waals surface area contributed by atoms with E-state index in [-0.39, 0.29) is 24.9 Å². The Morgan fingerprint density at radius 1 is 1.40 bits per heavy atom. The van der Waals surface area contributed by atoms with Crippen molar-refractivity contribution in [2.45, 2.75) is 12.0 Å². The highest BCUT2D eigenvalue weighted by molar-refractivity contribution is 7.85. The van der Waals surface area contributed by atoms with Gasteiger partial charge in [-0.05, 0) is 18.5 Å². The molecule has 1 fully saturated rings. The van der Waals surface area contributed by atoms with Crippen LogP contribution >= 0.6 is 12.4 Å². The molecule has 0 bridgehead atoms. The Morgan fingerprint density at radius 3 is 2.65 bits per heavy atom. The van der Waals surface area contributed by atoms with Crippen molar-refractivity contribution in [1.82, 2.24) is 5.32 Å². The summed E-state index contributed by atoms with van der Waals surface area (Å²) in [7, 11) is -3.49. The molecule has 1 aromatic rings. The van der Waals surface area contributed by atoms with Gasteiger partial charge in [-0.3, -0.25) is 4.18 Å². The molecule has 20 heavy (non-hydrogen) atoms. The van der Waals surface area contributed by atoms with E-state index in [0.29, 0.717) is 19.5 Å². The minimum atomic E-state index is -3.49. The lowest BCUT2D eigenvalue weighted by molar-refractivity contribution is -0.0606. The number of nitrogens with one attached hydrogen (secondary N) is 1. The van der Waals surface area contributed by atoms with Crippen molar-refractivity contribution in [3.05, 3.63) is 35.9 Å². The first-order chi connectivity index (χ1) is 8.92. The van der Waals surface area contributed by atoms with Crippen LogP contribution in [0.15, 0.2) is 30.3 Å². The molecular weight excluding hydrogens is 302 g/mol. The summed E-state index contributed by atoms with van der Waals surface area (Å²) in [5, 5.41) is 14.0. The van der Waals surface area contributed by atoms with Crippen molar-refractivity contribution in [3.8, 4) is 0 Å². The molecule has 0 aromatic heterocycles. The number of halogens is 1. The highest BCUT2D eigenvalue weighted by Crippen LogP contribution is 2.35. The fourth-order valence-corrected chi connectivity index (χ4v) is 2.85. The summed E-state index contributed by atoms with van der Waals surface area (Å²) in [5.74, 6) is -0.293. The molecule has 0 amide bonds. The van der Waals surface area contributed by atoms with E-state index < -0.39 is 15.7 Å². The molecule has 1 aliphatic rings. The third-order valence-electron chi connectivity index (χ3n) is 3.51. The maximum Gasteiger partial charge on any atom is 0.264 e. The lowest BCUT2D eigenvalue weighted by atomic mass is 9.77. The van der Waals surface area contributed by atoms with Gasteiger partial charge in [0.25, 0.3) is 10.1 Å². The van der Waals surface area contributed by atoms with Crippen LogP contribution in [0.2, 0.25) is 0 Å². The Morgan fingerprint density at radius 2 is 2.05 bits per heavy atom. The van der Waals surface area contributed by atoms with Crippen molar-refractivity contribution in [1.29, 1.82) is 0 Å². The first-order valence-corrected chi connectivity index (χ1v) is 8.06. The van der Waals surface area contributed by atoms with Crippen LogP contribution in [0, 0.1) is 5.92 Å². The summed E-state index contributed by atoms with van der Waals surface area (Å²) >= 11 is 0. The second kappa shape index (κ2) is 6.87. The first kappa shape index (κ1) is 17.4. The maximum absolute atomic E-state index is 11.1. The van der Waals surface area contributed by atoms with E-state index in [1.165, 1.54) is 0 Å². The van der Waals surface area contributed by atoms with Crippen LogP contribution in [0.1, 0.15) is 12.0 Å². The molecule has 2 rings (SSSR count). The van der Waals surface area contributed by atoms with Crippen LogP contribution in [-0.2, 0) is 19.9 Å². The van der Waals surface area contributed by atoms with Gasteiger partial charge in [-0.2, -0.15) is 8.42 Å². The summed E-state index contributed by atoms with van der Waals surface area (Å²) in [6.07, 6.45) is 1.56. The minimum Gasteiger partial charge on any atom is -0.385 e. The van der Waals surface area contributed by atoms with Gasteiger partial charge in [0.05, 0.1) is 18.5 Å². The lowest BCUT2D eigenvalue weighted by Gasteiger charge is -2.40. The van der Waals surface area contributed by atoms with E-state index in [2.05, 4.69) is 5.32 Å². The molecule has 2 atom stereocenters. The highest BCUT2D eigenvalue weighted by atomic mass is 35.5. The van der Waals surface area contributed by atoms with Gasteiger partial charge in [-0.25, -0.2) is 0 Å². The van der Waals surface area contributed by atoms with Crippen LogP contribution in [0.5, 0.6) is 0 Å². The largest absolute Gasteiger partial charge is 0.385 e. The predicted molar refractivity (Wildman–Crippen MR) is 79.4 cm³/mol. The van der Waals surface area contributed by atoms with Gasteiger partial charge in [-0.15, -0.1) is 12.4 Å². The van der Waals surface area contributed by atoms with Crippen LogP contribution in [0.4, 0.5) is 0 Å². The standard InChI is InChI=1S/C13H19NO4S.ClH/c1-19(16,17)18-10-12-9-14-8-7-13(12,15)11-5-3-2-4-6-11;/h2-6,12,14-15H,7-10H2,1H3;1H. The number of hydrogen-bond donors (Lipinski definition) is 2. The molecule has 1 aliphatic heterocycles. The second-order valence-electron chi connectivity index (χ2n) is 4.93. The molecule has 5 nitrogen and oxygen atoms in total. The SMILES string of the molecule is CS(=O)(=O)OCC1CNCCC1(O)c1ccccc1.Cl. The fourth-order valence-electron chi connectivity index (χ4n) is 2.44. The van der Waals surface area contributed by atoms with Gasteiger partial charge in [0.2, 0.25) is 0 Å². The van der Waals surface area contributed by atoms with Crippen molar-refractivity contribution in [2.75, 3.05) is 26.0 Å². The van der Waals surface area contributed by atoms with Crippen molar-refractivity contribution in [3.63, 3.8) is 0 Å². The van der Waals surface area contributed by atoms with Crippen molar-refractivity contribution < 1.29 is 17.7 Å². The summed E-state index contributed by atoms with van der Waals surface area (Å²) in [6, 6.07) is 9.33. The van der Waals surface area contributed by atoms with Crippen LogP contribution in [0.3, 0.4) is 0 Å². The number of hydrogen-bond acceptors (Lipinski definition) is 5. The van der Waals surface area contributed by atoms with E-state index in [0.717, 1.165) is 11.8 Å². The molecule has 1 aromatic carbocycles. The molecule has 0 spiro atoms. The lowest BCUT2D eigenvalue weighted by Crippen LogP contribution is -2.50. The molecule has 0 saturated carbocycles. The van der Waals surface area contributed by atoms with Gasteiger partial charge >= 0.3 is 0 Å². The third kappa shape index (κ3) is 4.17. The Kier molecular flexibility index (Phi) is 5.97. The van der Waals surface area contributed by atoms with E-state index in [1.54, 1.807) is 0 Å². The van der Waals surface area contributed by atoms with Crippen LogP contribution in [0.25, 0.3) is 0 Å². The van der Waals surface area contributed by atoms with E-state index in [1.807, 2.05) is 30.3 Å². The Hall–Kier alpha value is -0.660. The predicted octanol–water partition coefficient (Wildman–Crippen LogP) is 0.882. The molecule has 7 heteroatoms. The summed E-state index contributed by atoms with van der Waals surface area (Å²) in [5.41, 5.74) is -0.240. The summed E-state index contributed by atoms with van der Waals surface area (Å²) in [4.78, 5) is 0. The van der Waals surface area contributed by atoms with E-state index in [4.69, 9.17) is 4.18 Å². The Balaban J connectivity index is 0.00000200. The number of benzene rings is 1. The molecular formula is C13H20ClNO4S. The Labute approximate surface area is 125 Å². The quantitative estimate of drug-likeness (QED) is 0.805. The zero-order valence-electron chi connectivity index (χ0n) is 11.3. The molecule has 2 N–H and O–H groups in total. The first-order valence-electron chi connectivity index (χ1n) is 6.25. The number of aliphatic hydroxyl groups is 1. The molecule has 1 saturated heterocycles. The normalized spacial score (nSPS) is 26.8. The fraction of sp³-hybridized carbons (Fsp3) is 0.538. The molecule has 2 unspecified atom stereocenters. The average molecular weight is 322 g/mol. The molecule has 0 radical (unpaired) electrons. The maximum atomic E-state index is 11.1. The topological polar surface area (TPSA) is 75.6 Å². The third-order valence-corrected chi connectivity index (χ3v) is 4.07. The van der Waals surface area contributed by atoms with Gasteiger partial charge < -0.3 is 10.4 Å². The van der Waals surface area contributed by atoms with Gasteiger partial charge in [0.1, 0.15) is 0 Å². The average Bonchev–Trinajstić information content (AvgIpc) is 2.38. The van der Waals surface area contributed by atoms with Crippen LogP contribution in [-0.4, -0.2) is 39.5 Å². The molecule has 114 valence electrons. The molecule has 1 heterocycles. The summed E-state index contributed by atoms with van der Waals surface area (Å²) < 4.78 is 27.1. The monoisotopic (exact) mass is 321 g/mol. The number of rotatable bonds is 4. The Bertz CT molecular complexity index is 522. The van der Waals surface area contributed by atoms with Crippen molar-refractivity contribution >= 4 is 22.5 Å². The highest BCUT2D eigenvalue weighted by Gasteiger charge is 2.40. The van der Waals surface area contributed by atoms with Gasteiger partial charge in [-0.1, -0.05) is 30.3 Å². The van der Waals surface area contributed by atoms with Gasteiger partial charge in [0, 0.05) is 12.5 Å². The summed E-state index contributed by atoms with van der Waals surface area (Å²) in [6.45, 7) is 1.21. The van der Waals surface area contributed by atoms with Crippen LogP contribution < -0.4 is 5.32 Å². The van der Waals surface area contributed by atoms with Gasteiger partial charge in [0.15, 0.2) is 0 Å². The zero-order valence-corrected chi connectivity index (χ0v) is 12.9.